The largest absolute Gasteiger partial charge is 0.482 e. The zero-order valence-electron chi connectivity index (χ0n) is 86.4. The van der Waals surface area contributed by atoms with Crippen LogP contribution >= 0.6 is 0 Å². The van der Waals surface area contributed by atoms with Crippen LogP contribution in [0.5, 0.6) is 5.75 Å². The molecule has 17 amide bonds. The van der Waals surface area contributed by atoms with E-state index >= 15 is 24.0 Å². The Morgan fingerprint density at radius 1 is 0.403 bits per heavy atom. The van der Waals surface area contributed by atoms with Crippen molar-refractivity contribution in [3.63, 3.8) is 0 Å². The Morgan fingerprint density at radius 2 is 0.832 bits per heavy atom. The summed E-state index contributed by atoms with van der Waals surface area (Å²) in [5.74, 6) is -20.8. The Bertz CT molecular complexity index is 5360. The molecule has 0 heterocycles. The van der Waals surface area contributed by atoms with E-state index in [-0.39, 0.29) is 119 Å². The van der Waals surface area contributed by atoms with Crippen LogP contribution in [-0.4, -0.2) is 262 Å². The molecule has 0 radical (unpaired) electrons. The number of likely N-dealkylation sites (N-methyl/N-ethyl adjacent to an activating group) is 1. The Balaban J connectivity index is 1.32. The van der Waals surface area contributed by atoms with Gasteiger partial charge in [0, 0.05) is 45.6 Å². The SMILES string of the molecule is CCCCC(NC(=O)CC)C(=O)NC(Cc1ccc(OCC(=O)O)cc1)C(=O)N[C@@H](CC(=O)O)C(=O)NC(Cc1cccc(C)c1)C(=O)NC(Cc1ccc(C(=O)O)cc1)C(=O)NC(Cc1ccc(-c2ccccc2)cc1)C(=O)N[C@@H](CCC(N)=O)C(=O)N(C)[C@@H](C)C(=O)N[C@H](CC(C)C)C(=O)N[C@@H](CCN)C(=O)NC(CC1CCCCC1)C(=O)NC(C(=O)NC(CCCN)C(=O)N[C@@H](CC)C(=O)NC(CCN)C(N)=O)C(C)C. The topological polar surface area (TPSA) is 713 Å². The van der Waals surface area contributed by atoms with E-state index in [4.69, 9.17) is 33.4 Å². The molecule has 1 aliphatic carbocycles. The number of unbranched alkanes of at least 4 members (excludes halogenated alkanes) is 1. The predicted octanol–water partition coefficient (Wildman–Crippen LogP) is 1.07. The van der Waals surface area contributed by atoms with Gasteiger partial charge >= 0.3 is 17.9 Å². The average molecular weight is 2080 g/mol. The number of amides is 17. The third-order valence-corrected chi connectivity index (χ3v) is 25.4. The zero-order valence-corrected chi connectivity index (χ0v) is 86.4. The Morgan fingerprint density at radius 3 is 1.32 bits per heavy atom. The monoisotopic (exact) mass is 2080 g/mol. The van der Waals surface area contributed by atoms with Gasteiger partial charge in [0.2, 0.25) is 100 Å². The maximum atomic E-state index is 15.7. The van der Waals surface area contributed by atoms with Gasteiger partial charge < -0.3 is 128 Å². The third-order valence-electron chi connectivity index (χ3n) is 25.4. The fourth-order valence-electron chi connectivity index (χ4n) is 16.8. The molecular weight excluding hydrogens is 1930 g/mol. The standard InChI is InChI=1S/C105H150N20O24/c1-11-14-29-74(111-86(127)13-3)93(135)118-80(55-66-35-41-71(42-36-66)149-58-88(130)131)99(141)123-84(57-87(128)129)101(143)122-83(56-67-26-21-23-61(8)51-67)100(142)121-81(54-65-33-39-70(40-34-65)105(147)148)98(140)120-79(53-64-31-37-69(38-32-64)68-27-19-16-20-28-68)97(139)116-77(43-44-85(109)126)104(146)125(10)62(9)91(133)117-78(50-59(4)5)96(138)114-76(46-49-108)95(137)119-82(52-63-24-17-15-18-25-63)102(144)124-89(60(6)7)103(145)115-75(30-22-47-106)94(136)112-72(12-2)92(134)113-73(45-48-107)90(110)132/h16,19-21,23,26-28,31-42,51,59-60,62-63,72-84,89H,11-15,17-18,22,24-25,29-30,43-50,52-58,106-108H2,1-10H3,(H2,109,126)(H2,110,132)(H,111,127)(H,112,136)(H,113,134)(H,114,138)(H,115,145)(H,116,139)(H,117,133)(H,118,135)(H,119,137)(H,120,140)(H,121,142)(H,122,143)(H,123,141)(H,124,144)(H,128,129)(H,130,131)(H,147,148)/t62-,72-,73?,74?,75?,76-,77-,78+,79?,80?,81?,82?,83?,84-,89?/m0/s1. The third kappa shape index (κ3) is 42.1. The summed E-state index contributed by atoms with van der Waals surface area (Å²) in [4.78, 5) is 282. The minimum absolute atomic E-state index is 0.00265. The number of rotatable bonds is 65. The van der Waals surface area contributed by atoms with Crippen molar-refractivity contribution in [3.05, 3.63) is 161 Å². The van der Waals surface area contributed by atoms with Crippen LogP contribution in [0.2, 0.25) is 0 Å². The van der Waals surface area contributed by atoms with Crippen molar-refractivity contribution in [3.8, 4) is 16.9 Å². The number of nitrogens with two attached hydrogens (primary N) is 5. The summed E-state index contributed by atoms with van der Waals surface area (Å²) in [6.45, 7) is 14.1. The molecule has 0 aromatic heterocycles. The zero-order chi connectivity index (χ0) is 110. The number of carboxylic acids is 3. The first-order valence-electron chi connectivity index (χ1n) is 50.7. The highest BCUT2D eigenvalue weighted by atomic mass is 16.5. The number of aromatic carboxylic acids is 1. The number of primary amides is 2. The maximum Gasteiger partial charge on any atom is 0.341 e. The van der Waals surface area contributed by atoms with Crippen LogP contribution in [0.4, 0.5) is 0 Å². The molecule has 1 saturated carbocycles. The van der Waals surface area contributed by atoms with Crippen LogP contribution in [0.15, 0.2) is 127 Å². The van der Waals surface area contributed by atoms with Crippen LogP contribution in [0.25, 0.3) is 11.1 Å². The quantitative estimate of drug-likeness (QED) is 0.0259. The van der Waals surface area contributed by atoms with Crippen LogP contribution in [0.3, 0.4) is 0 Å². The summed E-state index contributed by atoms with van der Waals surface area (Å²) in [5.41, 5.74) is 32.2. The van der Waals surface area contributed by atoms with Gasteiger partial charge in [0.1, 0.15) is 96.4 Å². The number of benzene rings is 5. The number of hydrogen-bond donors (Lipinski definition) is 22. The Hall–Kier alpha value is -14.8. The summed E-state index contributed by atoms with van der Waals surface area (Å²) in [6.07, 6.45) is 1.41. The van der Waals surface area contributed by atoms with E-state index in [1.165, 1.54) is 62.5 Å². The molecule has 814 valence electrons. The van der Waals surface area contributed by atoms with E-state index in [0.29, 0.717) is 47.9 Å². The highest BCUT2D eigenvalue weighted by Gasteiger charge is 2.42. The van der Waals surface area contributed by atoms with Crippen LogP contribution in [0.1, 0.15) is 216 Å². The number of nitrogens with zero attached hydrogens (tertiary/aromatic N) is 1. The number of ether oxygens (including phenoxy) is 1. The molecular formula is C105H150N20O24. The molecule has 27 N–H and O–H groups in total. The van der Waals surface area contributed by atoms with Crippen molar-refractivity contribution in [2.75, 3.05) is 33.3 Å². The number of aryl methyl sites for hydroxylation is 1. The summed E-state index contributed by atoms with van der Waals surface area (Å²) in [6, 6.07) is 10.8. The van der Waals surface area contributed by atoms with E-state index in [0.717, 1.165) is 35.3 Å². The first-order chi connectivity index (χ1) is 70.8. The van der Waals surface area contributed by atoms with Crippen molar-refractivity contribution in [1.29, 1.82) is 0 Å². The van der Waals surface area contributed by atoms with Gasteiger partial charge in [-0.05, 0) is 167 Å². The maximum absolute atomic E-state index is 15.7. The molecule has 15 atom stereocenters. The second-order valence-electron chi connectivity index (χ2n) is 38.3. The molecule has 9 unspecified atom stereocenters. The van der Waals surface area contributed by atoms with Gasteiger partial charge in [0.25, 0.3) is 0 Å². The smallest absolute Gasteiger partial charge is 0.341 e. The van der Waals surface area contributed by atoms with Gasteiger partial charge in [-0.15, -0.1) is 0 Å². The average Bonchev–Trinajstić information content (AvgIpc) is 1.02. The van der Waals surface area contributed by atoms with Gasteiger partial charge in [0.15, 0.2) is 6.61 Å². The number of aliphatic carboxylic acids is 2. The molecule has 44 heteroatoms. The number of carboxylic acid groups (broad SMARTS) is 3. The molecule has 0 saturated heterocycles. The van der Waals surface area contributed by atoms with Gasteiger partial charge in [-0.2, -0.15) is 0 Å². The van der Waals surface area contributed by atoms with E-state index in [1.807, 2.05) is 37.3 Å². The second kappa shape index (κ2) is 63.0. The normalized spacial score (nSPS) is 14.9. The summed E-state index contributed by atoms with van der Waals surface area (Å²) < 4.78 is 5.28. The predicted molar refractivity (Wildman–Crippen MR) is 551 cm³/mol. The fraction of sp³-hybridized carbons (Fsp3) is 0.524. The Labute approximate surface area is 867 Å². The molecule has 5 aromatic carbocycles. The minimum Gasteiger partial charge on any atom is -0.482 e. The molecule has 1 fully saturated rings. The van der Waals surface area contributed by atoms with E-state index in [9.17, 15) is 87.2 Å². The van der Waals surface area contributed by atoms with Gasteiger partial charge in [0.05, 0.1) is 12.0 Å². The van der Waals surface area contributed by atoms with E-state index in [2.05, 4.69) is 74.4 Å². The highest BCUT2D eigenvalue weighted by molar-refractivity contribution is 6.02. The number of carbonyl (C=O) groups excluding carboxylic acids is 17. The minimum atomic E-state index is -2.05. The number of nitrogens with one attached hydrogen (secondary N) is 14. The highest BCUT2D eigenvalue weighted by Crippen LogP contribution is 2.29. The van der Waals surface area contributed by atoms with Crippen LogP contribution < -0.4 is 108 Å². The van der Waals surface area contributed by atoms with E-state index in [1.54, 1.807) is 97.0 Å². The molecule has 44 nitrogen and oxygen atoms in total. The van der Waals surface area contributed by atoms with Crippen molar-refractivity contribution < 1.29 is 116 Å². The second-order valence-corrected chi connectivity index (χ2v) is 38.3. The lowest BCUT2D eigenvalue weighted by atomic mass is 9.84. The Kier molecular flexibility index (Phi) is 51.9. The van der Waals surface area contributed by atoms with Gasteiger partial charge in [-0.1, -0.05) is 202 Å². The van der Waals surface area contributed by atoms with Crippen LogP contribution in [0, 0.1) is 24.7 Å². The molecule has 149 heavy (non-hydrogen) atoms. The molecule has 5 aromatic rings. The van der Waals surface area contributed by atoms with Crippen molar-refractivity contribution >= 4 is 118 Å². The molecule has 0 aliphatic heterocycles. The van der Waals surface area contributed by atoms with Crippen LogP contribution in [-0.2, 0) is 117 Å². The van der Waals surface area contributed by atoms with Crippen molar-refractivity contribution in [2.45, 2.75) is 301 Å². The summed E-state index contributed by atoms with van der Waals surface area (Å²) >= 11 is 0. The molecule has 1 aliphatic rings. The number of hydrogen-bond acceptors (Lipinski definition) is 24. The van der Waals surface area contributed by atoms with Gasteiger partial charge in [-0.3, -0.25) is 86.3 Å². The van der Waals surface area contributed by atoms with Crippen molar-refractivity contribution in [2.24, 2.45) is 46.4 Å². The van der Waals surface area contributed by atoms with Gasteiger partial charge in [-0.25, -0.2) is 9.59 Å². The molecule has 6 rings (SSSR count). The molecule has 0 spiro atoms. The lowest BCUT2D eigenvalue weighted by Crippen LogP contribution is -2.62. The lowest BCUT2D eigenvalue weighted by molar-refractivity contribution is -0.143. The summed E-state index contributed by atoms with van der Waals surface area (Å²) in [5, 5.41) is 66.8. The van der Waals surface area contributed by atoms with E-state index < -0.39 is 254 Å². The van der Waals surface area contributed by atoms with Crippen molar-refractivity contribution in [1.82, 2.24) is 79.3 Å². The first kappa shape index (κ1) is 123. The molecule has 0 bridgehead atoms. The number of carbonyl (C=O) groups is 20. The summed E-state index contributed by atoms with van der Waals surface area (Å²) in [7, 11) is 1.20. The lowest BCUT2D eigenvalue weighted by Gasteiger charge is -2.32. The fourth-order valence-corrected chi connectivity index (χ4v) is 16.8. The first-order valence-corrected chi connectivity index (χ1v) is 50.7.